The van der Waals surface area contributed by atoms with E-state index in [4.69, 9.17) is 0 Å². The lowest BCUT2D eigenvalue weighted by Gasteiger charge is -2.10. The zero-order valence-electron chi connectivity index (χ0n) is 9.46. The predicted molar refractivity (Wildman–Crippen MR) is 67.5 cm³/mol. The first-order chi connectivity index (χ1) is 8.13. The Balaban J connectivity index is 2.62. The quantitative estimate of drug-likeness (QED) is 0.785. The highest BCUT2D eigenvalue weighted by Gasteiger charge is 2.09. The summed E-state index contributed by atoms with van der Waals surface area (Å²) in [5, 5.41) is 3.95. The molecular formula is C14H12FNO. The summed E-state index contributed by atoms with van der Waals surface area (Å²) in [5.74, 6) is -0.687. The van der Waals surface area contributed by atoms with Crippen molar-refractivity contribution in [3.8, 4) is 0 Å². The third kappa shape index (κ3) is 2.04. The number of aryl methyl sites for hydroxylation is 1. The Labute approximate surface area is 98.8 Å². The molecule has 0 fully saturated rings. The van der Waals surface area contributed by atoms with Gasteiger partial charge in [-0.2, -0.15) is 0 Å². The van der Waals surface area contributed by atoms with E-state index in [1.165, 1.54) is 6.07 Å². The molecule has 0 bridgehead atoms. The van der Waals surface area contributed by atoms with E-state index in [0.717, 1.165) is 17.0 Å². The minimum Gasteiger partial charge on any atom is -0.322 e. The van der Waals surface area contributed by atoms with E-state index in [-0.39, 0.29) is 11.7 Å². The highest BCUT2D eigenvalue weighted by molar-refractivity contribution is 6.02. The van der Waals surface area contributed by atoms with Crippen LogP contribution in [0.15, 0.2) is 43.0 Å². The van der Waals surface area contributed by atoms with Gasteiger partial charge in [-0.05, 0) is 30.0 Å². The van der Waals surface area contributed by atoms with E-state index >= 15 is 0 Å². The molecule has 0 aliphatic carbocycles. The number of carbonyl (C=O) groups excluding carboxylic acids is 1. The van der Waals surface area contributed by atoms with Crippen molar-refractivity contribution in [3.05, 3.63) is 54.4 Å². The first-order valence-corrected chi connectivity index (χ1v) is 5.24. The number of hydrogen-bond acceptors (Lipinski definition) is 1. The smallest absolute Gasteiger partial charge is 0.247 e. The molecule has 1 N–H and O–H groups in total. The summed E-state index contributed by atoms with van der Waals surface area (Å²) in [6.45, 7) is 5.21. The van der Waals surface area contributed by atoms with Crippen LogP contribution < -0.4 is 5.32 Å². The Kier molecular flexibility index (Phi) is 2.91. The van der Waals surface area contributed by atoms with Crippen LogP contribution in [0.1, 0.15) is 5.56 Å². The third-order valence-electron chi connectivity index (χ3n) is 2.71. The number of nitrogens with one attached hydrogen (secondary N) is 1. The van der Waals surface area contributed by atoms with E-state index in [1.807, 2.05) is 19.1 Å². The molecule has 2 rings (SSSR count). The summed E-state index contributed by atoms with van der Waals surface area (Å²) < 4.78 is 13.8. The first kappa shape index (κ1) is 11.3. The van der Waals surface area contributed by atoms with Gasteiger partial charge in [-0.3, -0.25) is 4.79 Å². The molecule has 3 heteroatoms. The lowest BCUT2D eigenvalue weighted by Crippen LogP contribution is -2.09. The number of amides is 1. The van der Waals surface area contributed by atoms with Crippen LogP contribution in [0.2, 0.25) is 0 Å². The van der Waals surface area contributed by atoms with Gasteiger partial charge >= 0.3 is 0 Å². The lowest BCUT2D eigenvalue weighted by atomic mass is 10.0. The van der Waals surface area contributed by atoms with Gasteiger partial charge in [0.1, 0.15) is 5.82 Å². The maximum absolute atomic E-state index is 13.8. The number of anilines is 1. The van der Waals surface area contributed by atoms with Gasteiger partial charge in [-0.1, -0.05) is 30.8 Å². The number of hydrogen-bond donors (Lipinski definition) is 1. The van der Waals surface area contributed by atoms with Crippen LogP contribution in [0, 0.1) is 12.7 Å². The van der Waals surface area contributed by atoms with Crippen molar-refractivity contribution in [1.29, 1.82) is 0 Å². The second-order valence-electron chi connectivity index (χ2n) is 3.77. The van der Waals surface area contributed by atoms with E-state index in [0.29, 0.717) is 11.1 Å². The van der Waals surface area contributed by atoms with Gasteiger partial charge in [0, 0.05) is 11.1 Å². The fourth-order valence-electron chi connectivity index (χ4n) is 1.79. The summed E-state index contributed by atoms with van der Waals surface area (Å²) in [6, 6.07) is 8.51. The average Bonchev–Trinajstić information content (AvgIpc) is 2.35. The summed E-state index contributed by atoms with van der Waals surface area (Å²) in [6.07, 6.45) is 1.16. The monoisotopic (exact) mass is 229 g/mol. The van der Waals surface area contributed by atoms with Crippen LogP contribution >= 0.6 is 0 Å². The van der Waals surface area contributed by atoms with Gasteiger partial charge in [0.25, 0.3) is 0 Å². The molecule has 0 heterocycles. The maximum atomic E-state index is 13.8. The Morgan fingerprint density at radius 3 is 2.65 bits per heavy atom. The molecule has 86 valence electrons. The van der Waals surface area contributed by atoms with Crippen molar-refractivity contribution in [2.24, 2.45) is 0 Å². The van der Waals surface area contributed by atoms with E-state index in [9.17, 15) is 9.18 Å². The maximum Gasteiger partial charge on any atom is 0.247 e. The lowest BCUT2D eigenvalue weighted by molar-refractivity contribution is -0.111. The summed E-state index contributed by atoms with van der Waals surface area (Å²) in [4.78, 5) is 11.2. The SMILES string of the molecule is C=CC(=O)Nc1cc(F)c2ccccc2c1C. The average molecular weight is 229 g/mol. The van der Waals surface area contributed by atoms with Crippen LogP contribution in [-0.4, -0.2) is 5.91 Å². The summed E-state index contributed by atoms with van der Waals surface area (Å²) >= 11 is 0. The molecule has 0 atom stereocenters. The normalized spacial score (nSPS) is 10.2. The Hall–Kier alpha value is -2.16. The van der Waals surface area contributed by atoms with Gasteiger partial charge in [-0.25, -0.2) is 4.39 Å². The van der Waals surface area contributed by atoms with Crippen LogP contribution in [0.5, 0.6) is 0 Å². The summed E-state index contributed by atoms with van der Waals surface area (Å²) in [7, 11) is 0. The van der Waals surface area contributed by atoms with Crippen molar-refractivity contribution < 1.29 is 9.18 Å². The predicted octanol–water partition coefficient (Wildman–Crippen LogP) is 3.41. The minimum atomic E-state index is -0.345. The standard InChI is InChI=1S/C14H12FNO/c1-3-14(17)16-13-8-12(15)11-7-5-4-6-10(11)9(13)2/h3-8H,1H2,2H3,(H,16,17). The molecule has 2 nitrogen and oxygen atoms in total. The van der Waals surface area contributed by atoms with Gasteiger partial charge in [0.05, 0.1) is 0 Å². The number of halogens is 1. The fourth-order valence-corrected chi connectivity index (χ4v) is 1.79. The van der Waals surface area contributed by atoms with Crippen LogP contribution in [-0.2, 0) is 4.79 Å². The van der Waals surface area contributed by atoms with Gasteiger partial charge in [-0.15, -0.1) is 0 Å². The van der Waals surface area contributed by atoms with Gasteiger partial charge < -0.3 is 5.32 Å². The molecule has 0 spiro atoms. The molecule has 0 radical (unpaired) electrons. The van der Waals surface area contributed by atoms with Crippen LogP contribution in [0.3, 0.4) is 0 Å². The molecule has 0 aliphatic heterocycles. The number of benzene rings is 2. The zero-order valence-corrected chi connectivity index (χ0v) is 9.46. The van der Waals surface area contributed by atoms with Crippen molar-refractivity contribution in [2.45, 2.75) is 6.92 Å². The molecule has 0 aliphatic rings. The van der Waals surface area contributed by atoms with Crippen molar-refractivity contribution in [3.63, 3.8) is 0 Å². The van der Waals surface area contributed by atoms with E-state index in [1.54, 1.807) is 12.1 Å². The number of fused-ring (bicyclic) bond motifs is 1. The molecule has 2 aromatic carbocycles. The number of rotatable bonds is 2. The van der Waals surface area contributed by atoms with Crippen molar-refractivity contribution >= 4 is 22.4 Å². The van der Waals surface area contributed by atoms with Crippen LogP contribution in [0.25, 0.3) is 10.8 Å². The highest BCUT2D eigenvalue weighted by atomic mass is 19.1. The summed E-state index contributed by atoms with van der Waals surface area (Å²) in [5.41, 5.74) is 1.32. The van der Waals surface area contributed by atoms with Gasteiger partial charge in [0.15, 0.2) is 0 Å². The molecule has 2 aromatic rings. The first-order valence-electron chi connectivity index (χ1n) is 5.24. The largest absolute Gasteiger partial charge is 0.322 e. The van der Waals surface area contributed by atoms with E-state index in [2.05, 4.69) is 11.9 Å². The Morgan fingerprint density at radius 2 is 2.00 bits per heavy atom. The molecule has 1 amide bonds. The number of carbonyl (C=O) groups is 1. The minimum absolute atomic E-state index is 0.342. The van der Waals surface area contributed by atoms with Gasteiger partial charge in [0.2, 0.25) is 5.91 Å². The second-order valence-corrected chi connectivity index (χ2v) is 3.77. The van der Waals surface area contributed by atoms with Crippen molar-refractivity contribution in [2.75, 3.05) is 5.32 Å². The highest BCUT2D eigenvalue weighted by Crippen LogP contribution is 2.28. The molecule has 17 heavy (non-hydrogen) atoms. The Bertz CT molecular complexity index is 604. The molecule has 0 aromatic heterocycles. The topological polar surface area (TPSA) is 29.1 Å². The van der Waals surface area contributed by atoms with Crippen LogP contribution in [0.4, 0.5) is 10.1 Å². The Morgan fingerprint density at radius 1 is 1.35 bits per heavy atom. The van der Waals surface area contributed by atoms with Crippen molar-refractivity contribution in [1.82, 2.24) is 0 Å². The molecule has 0 saturated heterocycles. The molecular weight excluding hydrogens is 217 g/mol. The fraction of sp³-hybridized carbons (Fsp3) is 0.0714. The zero-order chi connectivity index (χ0) is 12.4. The second kappa shape index (κ2) is 4.37. The van der Waals surface area contributed by atoms with E-state index < -0.39 is 0 Å². The third-order valence-corrected chi connectivity index (χ3v) is 2.71. The molecule has 0 saturated carbocycles. The molecule has 0 unspecified atom stereocenters.